The van der Waals surface area contributed by atoms with Crippen molar-refractivity contribution in [1.82, 2.24) is 0 Å². The lowest BCUT2D eigenvalue weighted by Gasteiger charge is -2.07. The van der Waals surface area contributed by atoms with Gasteiger partial charge in [-0.05, 0) is 50.2 Å². The van der Waals surface area contributed by atoms with Crippen LogP contribution in [0.25, 0.3) is 11.0 Å². The van der Waals surface area contributed by atoms with Crippen LogP contribution in [-0.2, 0) is 0 Å². The summed E-state index contributed by atoms with van der Waals surface area (Å²) in [6, 6.07) is 13.7. The lowest BCUT2D eigenvalue weighted by molar-refractivity contribution is 0.0993. The molecule has 0 radical (unpaired) electrons. The maximum absolute atomic E-state index is 11.8. The van der Waals surface area contributed by atoms with Crippen LogP contribution < -0.4 is 16.0 Å². The van der Waals surface area contributed by atoms with Crippen molar-refractivity contribution < 1.29 is 18.7 Å². The predicted octanol–water partition coefficient (Wildman–Crippen LogP) is 3.37. The number of benzene rings is 2. The lowest BCUT2D eigenvalue weighted by atomic mass is 10.1. The van der Waals surface area contributed by atoms with E-state index in [2.05, 4.69) is 4.99 Å². The third-order valence-electron chi connectivity index (χ3n) is 3.81. The fourth-order valence-corrected chi connectivity index (χ4v) is 2.54. The summed E-state index contributed by atoms with van der Waals surface area (Å²) in [4.78, 5) is 27.6. The van der Waals surface area contributed by atoms with Gasteiger partial charge in [-0.3, -0.25) is 9.59 Å². The Hall–Kier alpha value is -3.41. The topological polar surface area (TPSA) is 94.9 Å². The molecule has 1 amide bonds. The fraction of sp³-hybridized carbons (Fsp3) is 0.150. The van der Waals surface area contributed by atoms with Crippen LogP contribution in [0.3, 0.4) is 0 Å². The van der Waals surface area contributed by atoms with Crippen LogP contribution in [0.4, 0.5) is 5.69 Å². The number of nitrogens with zero attached hydrogens (tertiary/aromatic N) is 1. The smallest absolute Gasteiger partial charge is 0.254 e. The monoisotopic (exact) mass is 350 g/mol. The molecular formula is C20H18N2O4. The van der Waals surface area contributed by atoms with Crippen molar-refractivity contribution >= 4 is 28.3 Å². The molecule has 26 heavy (non-hydrogen) atoms. The number of carbonyl (C=O) groups is 2. The SMILES string of the molecule is CCOc1cccc2cc(C(N)=O)c(=Nc3ccc(C(C)=O)cc3)oc12. The first kappa shape index (κ1) is 17.4. The molecule has 2 aromatic carbocycles. The number of hydrogen-bond acceptors (Lipinski definition) is 5. The van der Waals surface area contributed by atoms with Gasteiger partial charge in [-0.1, -0.05) is 12.1 Å². The number of para-hydroxylation sites is 1. The molecule has 6 nitrogen and oxygen atoms in total. The molecule has 0 spiro atoms. The van der Waals surface area contributed by atoms with E-state index in [1.165, 1.54) is 6.92 Å². The summed E-state index contributed by atoms with van der Waals surface area (Å²) >= 11 is 0. The third-order valence-corrected chi connectivity index (χ3v) is 3.81. The van der Waals surface area contributed by atoms with E-state index in [0.717, 1.165) is 0 Å². The Kier molecular flexibility index (Phi) is 4.84. The Morgan fingerprint density at radius 2 is 1.88 bits per heavy atom. The molecule has 0 atom stereocenters. The fourth-order valence-electron chi connectivity index (χ4n) is 2.54. The number of fused-ring (bicyclic) bond motifs is 1. The normalized spacial score (nSPS) is 11.5. The van der Waals surface area contributed by atoms with Gasteiger partial charge in [0.2, 0.25) is 5.55 Å². The Morgan fingerprint density at radius 3 is 2.50 bits per heavy atom. The number of carbonyl (C=O) groups excluding carboxylic acids is 2. The van der Waals surface area contributed by atoms with Crippen molar-refractivity contribution in [3.63, 3.8) is 0 Å². The first-order valence-corrected chi connectivity index (χ1v) is 8.15. The number of nitrogens with two attached hydrogens (primary N) is 1. The molecule has 0 aliphatic heterocycles. The lowest BCUT2D eigenvalue weighted by Crippen LogP contribution is -2.21. The van der Waals surface area contributed by atoms with E-state index in [4.69, 9.17) is 14.9 Å². The molecular weight excluding hydrogens is 332 g/mol. The van der Waals surface area contributed by atoms with Gasteiger partial charge in [-0.15, -0.1) is 0 Å². The molecule has 1 heterocycles. The van der Waals surface area contributed by atoms with Crippen LogP contribution in [0.15, 0.2) is 57.9 Å². The molecule has 3 aromatic rings. The molecule has 0 saturated carbocycles. The van der Waals surface area contributed by atoms with E-state index in [-0.39, 0.29) is 16.9 Å². The van der Waals surface area contributed by atoms with Crippen molar-refractivity contribution in [1.29, 1.82) is 0 Å². The highest BCUT2D eigenvalue weighted by Crippen LogP contribution is 2.25. The summed E-state index contributed by atoms with van der Waals surface area (Å²) in [5.41, 5.74) is 7.34. The van der Waals surface area contributed by atoms with Crippen LogP contribution in [-0.4, -0.2) is 18.3 Å². The number of amides is 1. The molecule has 2 N–H and O–H groups in total. The van der Waals surface area contributed by atoms with Crippen molar-refractivity contribution in [2.45, 2.75) is 13.8 Å². The zero-order chi connectivity index (χ0) is 18.7. The minimum atomic E-state index is -0.642. The molecule has 0 unspecified atom stereocenters. The van der Waals surface area contributed by atoms with Gasteiger partial charge >= 0.3 is 0 Å². The maximum Gasteiger partial charge on any atom is 0.254 e. The summed E-state index contributed by atoms with van der Waals surface area (Å²) in [7, 11) is 0. The average Bonchev–Trinajstić information content (AvgIpc) is 2.62. The molecule has 3 rings (SSSR count). The number of hydrogen-bond donors (Lipinski definition) is 1. The molecule has 6 heteroatoms. The minimum Gasteiger partial charge on any atom is -0.490 e. The molecule has 0 aliphatic carbocycles. The average molecular weight is 350 g/mol. The standard InChI is InChI=1S/C20H18N2O4/c1-3-25-17-6-4-5-14-11-16(19(21)24)20(26-18(14)17)22-15-9-7-13(8-10-15)12(2)23/h4-11H,3H2,1-2H3,(H2,21,24). The highest BCUT2D eigenvalue weighted by atomic mass is 16.5. The number of ketones is 1. The number of ether oxygens (including phenoxy) is 1. The van der Waals surface area contributed by atoms with Gasteiger partial charge in [-0.2, -0.15) is 0 Å². The third kappa shape index (κ3) is 3.49. The number of rotatable bonds is 5. The van der Waals surface area contributed by atoms with E-state index in [1.807, 2.05) is 13.0 Å². The molecule has 0 aliphatic rings. The van der Waals surface area contributed by atoms with Crippen molar-refractivity contribution in [3.8, 4) is 5.75 Å². The van der Waals surface area contributed by atoms with Crippen LogP contribution in [0.1, 0.15) is 34.6 Å². The van der Waals surface area contributed by atoms with Gasteiger partial charge < -0.3 is 14.9 Å². The van der Waals surface area contributed by atoms with Gasteiger partial charge in [0.25, 0.3) is 5.91 Å². The maximum atomic E-state index is 11.8. The second kappa shape index (κ2) is 7.23. The highest BCUT2D eigenvalue weighted by Gasteiger charge is 2.12. The van der Waals surface area contributed by atoms with Gasteiger partial charge in [0.15, 0.2) is 17.1 Å². The first-order chi connectivity index (χ1) is 12.5. The molecule has 132 valence electrons. The summed E-state index contributed by atoms with van der Waals surface area (Å²) < 4.78 is 11.4. The van der Waals surface area contributed by atoms with E-state index in [0.29, 0.717) is 34.6 Å². The van der Waals surface area contributed by atoms with Crippen molar-refractivity contribution in [2.75, 3.05) is 6.61 Å². The van der Waals surface area contributed by atoms with E-state index < -0.39 is 5.91 Å². The van der Waals surface area contributed by atoms with Crippen LogP contribution in [0.2, 0.25) is 0 Å². The van der Waals surface area contributed by atoms with Crippen molar-refractivity contribution in [2.24, 2.45) is 10.7 Å². The largest absolute Gasteiger partial charge is 0.490 e. The Morgan fingerprint density at radius 1 is 1.15 bits per heavy atom. The summed E-state index contributed by atoms with van der Waals surface area (Å²) in [6.45, 7) is 3.84. The Bertz CT molecular complexity index is 1050. The Balaban J connectivity index is 2.21. The van der Waals surface area contributed by atoms with Crippen molar-refractivity contribution in [3.05, 3.63) is 65.2 Å². The van der Waals surface area contributed by atoms with E-state index >= 15 is 0 Å². The van der Waals surface area contributed by atoms with Crippen LogP contribution in [0, 0.1) is 0 Å². The molecule has 1 aromatic heterocycles. The van der Waals surface area contributed by atoms with Gasteiger partial charge in [0.05, 0.1) is 12.3 Å². The molecule has 0 fully saturated rings. The second-order valence-electron chi connectivity index (χ2n) is 5.65. The van der Waals surface area contributed by atoms with Gasteiger partial charge in [-0.25, -0.2) is 4.99 Å². The zero-order valence-corrected chi connectivity index (χ0v) is 14.5. The number of Topliss-reactive ketones (excluding diaryl/α,β-unsaturated/α-hetero) is 1. The highest BCUT2D eigenvalue weighted by molar-refractivity contribution is 5.96. The van der Waals surface area contributed by atoms with Gasteiger partial charge in [0, 0.05) is 10.9 Å². The zero-order valence-electron chi connectivity index (χ0n) is 14.5. The first-order valence-electron chi connectivity index (χ1n) is 8.15. The van der Waals surface area contributed by atoms with Crippen LogP contribution >= 0.6 is 0 Å². The minimum absolute atomic E-state index is 0.0360. The summed E-state index contributed by atoms with van der Waals surface area (Å²) in [5.74, 6) is -0.118. The molecule has 0 bridgehead atoms. The molecule has 0 saturated heterocycles. The Labute approximate surface area is 149 Å². The van der Waals surface area contributed by atoms with E-state index in [9.17, 15) is 9.59 Å². The quantitative estimate of drug-likeness (QED) is 0.714. The van der Waals surface area contributed by atoms with Gasteiger partial charge in [0.1, 0.15) is 5.56 Å². The predicted molar refractivity (Wildman–Crippen MR) is 97.6 cm³/mol. The van der Waals surface area contributed by atoms with Crippen LogP contribution in [0.5, 0.6) is 5.75 Å². The second-order valence-corrected chi connectivity index (χ2v) is 5.65. The number of primary amides is 1. The summed E-state index contributed by atoms with van der Waals surface area (Å²) in [6.07, 6.45) is 0. The van der Waals surface area contributed by atoms with E-state index in [1.54, 1.807) is 42.5 Å². The summed E-state index contributed by atoms with van der Waals surface area (Å²) in [5, 5.41) is 0.690.